The van der Waals surface area contributed by atoms with Gasteiger partial charge >= 0.3 is 12.1 Å². The first-order valence-electron chi connectivity index (χ1n) is 11.9. The predicted molar refractivity (Wildman–Crippen MR) is 144 cm³/mol. The lowest BCUT2D eigenvalue weighted by atomic mass is 9.99. The second-order valence-electron chi connectivity index (χ2n) is 8.98. The predicted octanol–water partition coefficient (Wildman–Crippen LogP) is 5.46. The number of sulfone groups is 1. The van der Waals surface area contributed by atoms with E-state index in [0.717, 1.165) is 25.9 Å². The molecule has 0 spiro atoms. The zero-order valence-electron chi connectivity index (χ0n) is 21.2. The summed E-state index contributed by atoms with van der Waals surface area (Å²) in [4.78, 5) is 22.1. The molecule has 0 amide bonds. The van der Waals surface area contributed by atoms with Gasteiger partial charge in [0.15, 0.2) is 9.84 Å². The number of hydrogen-bond donors (Lipinski definition) is 1. The quantitative estimate of drug-likeness (QED) is 0.379. The number of benzene rings is 1. The third-order valence-electron chi connectivity index (χ3n) is 6.43. The zero-order valence-corrected chi connectivity index (χ0v) is 23.6. The smallest absolute Gasteiger partial charge is 0.475 e. The molecule has 2 aromatic heterocycles. The topological polar surface area (TPSA) is 104 Å². The SMILES string of the molecule is C[C@H](c1ccccc1)N1CCC(N(C)c2ncc(S(=O)(=O)Cc3cscn3)cc2Cl)CC1.O=C(O)C(F)(F)F. The van der Waals surface area contributed by atoms with Gasteiger partial charge in [-0.05, 0) is 31.4 Å². The standard InChI is InChI=1S/C23H27ClN4O2S2.C2HF3O2/c1-17(18-6-4-3-5-7-18)28-10-8-20(9-11-28)27(2)23-22(24)12-21(13-25-23)32(29,30)15-19-14-31-16-26-19;3-2(4,5)1(6)7/h3-7,12-14,16-17,20H,8-11,15H2,1-2H3;(H,6,7)/t17-;/m1./s1. The molecular weight excluding hydrogens is 577 g/mol. The van der Waals surface area contributed by atoms with Crippen LogP contribution in [0.3, 0.4) is 0 Å². The summed E-state index contributed by atoms with van der Waals surface area (Å²) in [5.41, 5.74) is 3.49. The maximum Gasteiger partial charge on any atom is 0.490 e. The summed E-state index contributed by atoms with van der Waals surface area (Å²) in [6, 6.07) is 12.8. The lowest BCUT2D eigenvalue weighted by Gasteiger charge is -2.40. The maximum absolute atomic E-state index is 12.7. The number of alkyl halides is 3. The van der Waals surface area contributed by atoms with Gasteiger partial charge in [-0.1, -0.05) is 41.9 Å². The largest absolute Gasteiger partial charge is 0.490 e. The van der Waals surface area contributed by atoms with E-state index in [4.69, 9.17) is 21.5 Å². The molecule has 39 heavy (non-hydrogen) atoms. The summed E-state index contributed by atoms with van der Waals surface area (Å²) >= 11 is 7.87. The van der Waals surface area contributed by atoms with Crippen molar-refractivity contribution in [1.29, 1.82) is 0 Å². The molecule has 1 atom stereocenters. The summed E-state index contributed by atoms with van der Waals surface area (Å²) in [7, 11) is -1.56. The number of carboxylic acid groups (broad SMARTS) is 1. The van der Waals surface area contributed by atoms with Crippen molar-refractivity contribution in [2.45, 2.75) is 48.7 Å². The molecule has 0 saturated carbocycles. The highest BCUT2D eigenvalue weighted by atomic mass is 35.5. The van der Waals surface area contributed by atoms with Crippen LogP contribution in [-0.4, -0.2) is 66.7 Å². The lowest BCUT2D eigenvalue weighted by Crippen LogP contribution is -2.44. The van der Waals surface area contributed by atoms with Crippen molar-refractivity contribution in [2.24, 2.45) is 0 Å². The van der Waals surface area contributed by atoms with Gasteiger partial charge in [0.25, 0.3) is 0 Å². The van der Waals surface area contributed by atoms with Gasteiger partial charge in [-0.15, -0.1) is 11.3 Å². The summed E-state index contributed by atoms with van der Waals surface area (Å²) < 4.78 is 57.1. The molecule has 212 valence electrons. The molecule has 0 unspecified atom stereocenters. The Balaban J connectivity index is 0.000000532. The molecule has 8 nitrogen and oxygen atoms in total. The van der Waals surface area contributed by atoms with E-state index in [1.165, 1.54) is 29.2 Å². The highest BCUT2D eigenvalue weighted by Gasteiger charge is 2.38. The number of anilines is 1. The first-order valence-corrected chi connectivity index (χ1v) is 14.8. The van der Waals surface area contributed by atoms with Crippen LogP contribution in [0, 0.1) is 0 Å². The molecule has 0 bridgehead atoms. The van der Waals surface area contributed by atoms with Gasteiger partial charge in [0, 0.05) is 43.8 Å². The Morgan fingerprint density at radius 1 is 1.23 bits per heavy atom. The minimum atomic E-state index is -5.08. The Morgan fingerprint density at radius 3 is 2.36 bits per heavy atom. The first kappa shape index (κ1) is 30.8. The van der Waals surface area contributed by atoms with E-state index in [-0.39, 0.29) is 10.6 Å². The Morgan fingerprint density at radius 2 is 1.85 bits per heavy atom. The second-order valence-corrected chi connectivity index (χ2v) is 12.1. The van der Waals surface area contributed by atoms with Crippen molar-refractivity contribution < 1.29 is 31.5 Å². The molecule has 1 aliphatic rings. The number of aromatic nitrogens is 2. The zero-order chi connectivity index (χ0) is 28.8. The normalized spacial score (nSPS) is 15.7. The Kier molecular flexibility index (Phi) is 10.3. The number of pyridine rings is 1. The molecule has 3 heterocycles. The number of halogens is 4. The van der Waals surface area contributed by atoms with Crippen molar-refractivity contribution in [1.82, 2.24) is 14.9 Å². The van der Waals surface area contributed by atoms with Crippen molar-refractivity contribution in [3.05, 3.63) is 69.8 Å². The van der Waals surface area contributed by atoms with E-state index >= 15 is 0 Å². The maximum atomic E-state index is 12.7. The number of rotatable bonds is 7. The molecule has 0 radical (unpaired) electrons. The highest BCUT2D eigenvalue weighted by molar-refractivity contribution is 7.90. The Hall–Kier alpha value is -2.74. The Labute approximate surface area is 234 Å². The summed E-state index contributed by atoms with van der Waals surface area (Å²) in [6.45, 7) is 4.23. The van der Waals surface area contributed by atoms with Gasteiger partial charge in [0.05, 0.1) is 26.9 Å². The van der Waals surface area contributed by atoms with E-state index in [1.54, 1.807) is 10.9 Å². The third kappa shape index (κ3) is 8.37. The second kappa shape index (κ2) is 13.1. The highest BCUT2D eigenvalue weighted by Crippen LogP contribution is 2.31. The Bertz CT molecular complexity index is 1340. The van der Waals surface area contributed by atoms with E-state index in [0.29, 0.717) is 28.6 Å². The number of aliphatic carboxylic acids is 1. The number of thiazole rings is 1. The van der Waals surface area contributed by atoms with Crippen molar-refractivity contribution >= 4 is 44.6 Å². The molecule has 3 aromatic rings. The molecule has 1 fully saturated rings. The van der Waals surface area contributed by atoms with Crippen LogP contribution in [0.15, 0.2) is 58.4 Å². The van der Waals surface area contributed by atoms with Crippen LogP contribution < -0.4 is 4.90 Å². The van der Waals surface area contributed by atoms with Crippen LogP contribution in [-0.2, 0) is 20.4 Å². The first-order chi connectivity index (χ1) is 18.3. The minimum absolute atomic E-state index is 0.124. The molecule has 1 aromatic carbocycles. The molecule has 1 aliphatic heterocycles. The lowest BCUT2D eigenvalue weighted by molar-refractivity contribution is -0.192. The number of likely N-dealkylation sites (tertiary alicyclic amines) is 1. The van der Waals surface area contributed by atoms with Gasteiger partial charge < -0.3 is 10.0 Å². The van der Waals surface area contributed by atoms with Crippen LogP contribution in [0.25, 0.3) is 0 Å². The number of hydrogen-bond acceptors (Lipinski definition) is 8. The van der Waals surface area contributed by atoms with Crippen LogP contribution in [0.5, 0.6) is 0 Å². The van der Waals surface area contributed by atoms with Gasteiger partial charge in [-0.3, -0.25) is 4.90 Å². The van der Waals surface area contributed by atoms with E-state index in [2.05, 4.69) is 51.0 Å². The monoisotopic (exact) mass is 604 g/mol. The molecule has 14 heteroatoms. The number of carbonyl (C=O) groups is 1. The van der Waals surface area contributed by atoms with Gasteiger partial charge in [0.1, 0.15) is 5.82 Å². The fourth-order valence-corrected chi connectivity index (χ4v) is 6.46. The van der Waals surface area contributed by atoms with Crippen LogP contribution >= 0.6 is 22.9 Å². The number of piperidine rings is 1. The van der Waals surface area contributed by atoms with Crippen molar-refractivity contribution in [2.75, 3.05) is 25.0 Å². The summed E-state index contributed by atoms with van der Waals surface area (Å²) in [5.74, 6) is -2.29. The summed E-state index contributed by atoms with van der Waals surface area (Å²) in [5, 5.41) is 9.21. The van der Waals surface area contributed by atoms with Gasteiger partial charge in [0.2, 0.25) is 0 Å². The van der Waals surface area contributed by atoms with E-state index < -0.39 is 22.0 Å². The minimum Gasteiger partial charge on any atom is -0.475 e. The summed E-state index contributed by atoms with van der Waals surface area (Å²) in [6.07, 6.45) is -1.68. The molecule has 1 N–H and O–H groups in total. The molecule has 1 saturated heterocycles. The van der Waals surface area contributed by atoms with Gasteiger partial charge in [-0.2, -0.15) is 13.2 Å². The average Bonchev–Trinajstić information content (AvgIpc) is 3.40. The van der Waals surface area contributed by atoms with Crippen molar-refractivity contribution in [3.63, 3.8) is 0 Å². The molecular formula is C25H28ClF3N4O4S2. The van der Waals surface area contributed by atoms with Crippen molar-refractivity contribution in [3.8, 4) is 0 Å². The van der Waals surface area contributed by atoms with Crippen LogP contribution in [0.4, 0.5) is 19.0 Å². The fourth-order valence-electron chi connectivity index (χ4n) is 4.21. The van der Waals surface area contributed by atoms with Crippen LogP contribution in [0.1, 0.15) is 37.1 Å². The number of nitrogens with zero attached hydrogens (tertiary/aromatic N) is 4. The fraction of sp³-hybridized carbons (Fsp3) is 0.400. The number of carboxylic acids is 1. The van der Waals surface area contributed by atoms with E-state index in [1.807, 2.05) is 13.1 Å². The molecule has 0 aliphatic carbocycles. The van der Waals surface area contributed by atoms with Gasteiger partial charge in [-0.25, -0.2) is 23.2 Å². The molecule has 4 rings (SSSR count). The van der Waals surface area contributed by atoms with Crippen LogP contribution in [0.2, 0.25) is 5.02 Å². The third-order valence-corrected chi connectivity index (χ3v) is 8.96. The average molecular weight is 605 g/mol. The van der Waals surface area contributed by atoms with E-state index in [9.17, 15) is 21.6 Å².